The van der Waals surface area contributed by atoms with Crippen molar-refractivity contribution in [1.82, 2.24) is 4.90 Å². The van der Waals surface area contributed by atoms with Gasteiger partial charge >= 0.3 is 5.97 Å². The average molecular weight is 293 g/mol. The average Bonchev–Trinajstić information content (AvgIpc) is 3.04. The second-order valence-electron chi connectivity index (χ2n) is 5.84. The van der Waals surface area contributed by atoms with Gasteiger partial charge in [-0.25, -0.2) is 4.79 Å². The van der Waals surface area contributed by atoms with Gasteiger partial charge in [-0.15, -0.1) is 11.3 Å². The van der Waals surface area contributed by atoms with Crippen molar-refractivity contribution in [2.75, 3.05) is 6.54 Å². The number of carboxylic acid groups (broad SMARTS) is 1. The summed E-state index contributed by atoms with van der Waals surface area (Å²) in [6.45, 7) is 2.64. The number of hydrogen-bond acceptors (Lipinski definition) is 3. The third kappa shape index (κ3) is 2.14. The van der Waals surface area contributed by atoms with Crippen LogP contribution in [-0.4, -0.2) is 28.4 Å². The molecule has 108 valence electrons. The molecule has 2 aliphatic rings. The standard InChI is InChI=1S/C15H19NO3S/c1-9-3-2-4-10(9)14(17)16-7-5-12-11(6-8-20-12)13(16)15(18)19/h6,8-10,13H,2-5,7H2,1H3,(H,18,19). The molecule has 0 aromatic carbocycles. The third-order valence-electron chi connectivity index (χ3n) is 4.66. The van der Waals surface area contributed by atoms with Crippen molar-refractivity contribution in [3.05, 3.63) is 21.9 Å². The van der Waals surface area contributed by atoms with Crippen LogP contribution in [0.5, 0.6) is 0 Å². The normalized spacial score (nSPS) is 29.2. The second kappa shape index (κ2) is 5.20. The monoisotopic (exact) mass is 293 g/mol. The molecule has 1 fully saturated rings. The van der Waals surface area contributed by atoms with Crippen molar-refractivity contribution >= 4 is 23.2 Å². The highest BCUT2D eigenvalue weighted by Crippen LogP contribution is 2.38. The van der Waals surface area contributed by atoms with Gasteiger partial charge in [-0.1, -0.05) is 13.3 Å². The summed E-state index contributed by atoms with van der Waals surface area (Å²) in [6.07, 6.45) is 3.83. The number of carboxylic acids is 1. The molecule has 20 heavy (non-hydrogen) atoms. The number of nitrogens with zero attached hydrogens (tertiary/aromatic N) is 1. The molecule has 4 nitrogen and oxygen atoms in total. The maximum atomic E-state index is 12.7. The Morgan fingerprint density at radius 1 is 1.40 bits per heavy atom. The lowest BCUT2D eigenvalue weighted by atomic mass is 9.93. The van der Waals surface area contributed by atoms with E-state index in [1.807, 2.05) is 11.4 Å². The van der Waals surface area contributed by atoms with Crippen LogP contribution in [0.4, 0.5) is 0 Å². The van der Waals surface area contributed by atoms with E-state index < -0.39 is 12.0 Å². The van der Waals surface area contributed by atoms with Crippen LogP contribution in [0, 0.1) is 11.8 Å². The first-order valence-electron chi connectivity index (χ1n) is 7.19. The predicted octanol–water partition coefficient (Wildman–Crippen LogP) is 2.69. The summed E-state index contributed by atoms with van der Waals surface area (Å²) in [5.74, 6) is -0.486. The van der Waals surface area contributed by atoms with E-state index in [1.54, 1.807) is 16.2 Å². The molecular weight excluding hydrogens is 274 g/mol. The molecule has 1 N–H and O–H groups in total. The van der Waals surface area contributed by atoms with Gasteiger partial charge in [-0.05, 0) is 42.2 Å². The number of fused-ring (bicyclic) bond motifs is 1. The Morgan fingerprint density at radius 2 is 2.20 bits per heavy atom. The summed E-state index contributed by atoms with van der Waals surface area (Å²) < 4.78 is 0. The maximum Gasteiger partial charge on any atom is 0.331 e. The summed E-state index contributed by atoms with van der Waals surface area (Å²) in [4.78, 5) is 27.1. The quantitative estimate of drug-likeness (QED) is 0.912. The van der Waals surface area contributed by atoms with E-state index in [-0.39, 0.29) is 11.8 Å². The second-order valence-corrected chi connectivity index (χ2v) is 6.84. The van der Waals surface area contributed by atoms with Gasteiger partial charge in [0.1, 0.15) is 0 Å². The summed E-state index contributed by atoms with van der Waals surface area (Å²) >= 11 is 1.59. The first kappa shape index (κ1) is 13.6. The zero-order valence-electron chi connectivity index (χ0n) is 11.5. The number of carbonyl (C=O) groups excluding carboxylic acids is 1. The highest BCUT2D eigenvalue weighted by Gasteiger charge is 2.41. The zero-order chi connectivity index (χ0) is 14.3. The highest BCUT2D eigenvalue weighted by atomic mass is 32.1. The molecule has 1 amide bonds. The van der Waals surface area contributed by atoms with E-state index in [2.05, 4.69) is 6.92 Å². The zero-order valence-corrected chi connectivity index (χ0v) is 12.4. The molecule has 5 heteroatoms. The SMILES string of the molecule is CC1CCCC1C(=O)N1CCc2sccc2C1C(=O)O. The molecule has 1 aromatic heterocycles. The lowest BCUT2D eigenvalue weighted by molar-refractivity contribution is -0.153. The molecule has 3 unspecified atom stereocenters. The predicted molar refractivity (Wildman–Crippen MR) is 76.6 cm³/mol. The molecule has 1 saturated carbocycles. The van der Waals surface area contributed by atoms with Crippen LogP contribution >= 0.6 is 11.3 Å². The van der Waals surface area contributed by atoms with Crippen molar-refractivity contribution in [2.45, 2.75) is 38.6 Å². The van der Waals surface area contributed by atoms with Gasteiger partial charge in [-0.3, -0.25) is 4.79 Å². The molecule has 0 saturated heterocycles. The molecule has 1 aromatic rings. The van der Waals surface area contributed by atoms with Crippen molar-refractivity contribution < 1.29 is 14.7 Å². The highest BCUT2D eigenvalue weighted by molar-refractivity contribution is 7.10. The van der Waals surface area contributed by atoms with Crippen molar-refractivity contribution in [1.29, 1.82) is 0 Å². The van der Waals surface area contributed by atoms with E-state index in [4.69, 9.17) is 0 Å². The maximum absolute atomic E-state index is 12.7. The molecule has 0 radical (unpaired) electrons. The Kier molecular flexibility index (Phi) is 3.54. The van der Waals surface area contributed by atoms with Gasteiger partial charge in [0, 0.05) is 17.3 Å². The molecular formula is C15H19NO3S. The van der Waals surface area contributed by atoms with E-state index >= 15 is 0 Å². The van der Waals surface area contributed by atoms with E-state index in [0.29, 0.717) is 12.5 Å². The Balaban J connectivity index is 1.89. The van der Waals surface area contributed by atoms with Gasteiger partial charge < -0.3 is 10.0 Å². The molecule has 1 aliphatic heterocycles. The Bertz CT molecular complexity index is 539. The van der Waals surface area contributed by atoms with Crippen LogP contribution in [0.3, 0.4) is 0 Å². The minimum absolute atomic E-state index is 0.0111. The number of amides is 1. The fraction of sp³-hybridized carbons (Fsp3) is 0.600. The van der Waals surface area contributed by atoms with E-state index in [9.17, 15) is 14.7 Å². The van der Waals surface area contributed by atoms with Crippen LogP contribution in [0.25, 0.3) is 0 Å². The molecule has 0 bridgehead atoms. The summed E-state index contributed by atoms with van der Waals surface area (Å²) in [7, 11) is 0. The van der Waals surface area contributed by atoms with Crippen LogP contribution in [0.15, 0.2) is 11.4 Å². The van der Waals surface area contributed by atoms with Crippen LogP contribution < -0.4 is 0 Å². The minimum atomic E-state index is -0.914. The topological polar surface area (TPSA) is 57.6 Å². The summed E-state index contributed by atoms with van der Waals surface area (Å²) in [5, 5.41) is 11.5. The number of hydrogen-bond donors (Lipinski definition) is 1. The summed E-state index contributed by atoms with van der Waals surface area (Å²) in [5.41, 5.74) is 0.813. The van der Waals surface area contributed by atoms with Gasteiger partial charge in [0.2, 0.25) is 5.91 Å². The van der Waals surface area contributed by atoms with Crippen molar-refractivity contribution in [3.8, 4) is 0 Å². The first-order chi connectivity index (χ1) is 9.59. The van der Waals surface area contributed by atoms with E-state index in [0.717, 1.165) is 36.1 Å². The number of rotatable bonds is 2. The number of thiophene rings is 1. The molecule has 2 heterocycles. The molecule has 0 spiro atoms. The molecule has 3 atom stereocenters. The lowest BCUT2D eigenvalue weighted by Crippen LogP contribution is -2.46. The Labute approximate surface area is 122 Å². The van der Waals surface area contributed by atoms with Gasteiger partial charge in [-0.2, -0.15) is 0 Å². The van der Waals surface area contributed by atoms with Crippen LogP contribution in [-0.2, 0) is 16.0 Å². The third-order valence-corrected chi connectivity index (χ3v) is 5.66. The van der Waals surface area contributed by atoms with E-state index in [1.165, 1.54) is 0 Å². The Morgan fingerprint density at radius 3 is 2.85 bits per heavy atom. The molecule has 3 rings (SSSR count). The van der Waals surface area contributed by atoms with Crippen LogP contribution in [0.2, 0.25) is 0 Å². The van der Waals surface area contributed by atoms with Gasteiger partial charge in [0.05, 0.1) is 0 Å². The first-order valence-corrected chi connectivity index (χ1v) is 8.07. The lowest BCUT2D eigenvalue weighted by Gasteiger charge is -2.35. The largest absolute Gasteiger partial charge is 0.479 e. The summed E-state index contributed by atoms with van der Waals surface area (Å²) in [6, 6.07) is 1.07. The number of aliphatic carboxylic acids is 1. The minimum Gasteiger partial charge on any atom is -0.479 e. The fourth-order valence-electron chi connectivity index (χ4n) is 3.55. The smallest absolute Gasteiger partial charge is 0.331 e. The van der Waals surface area contributed by atoms with Crippen molar-refractivity contribution in [2.24, 2.45) is 11.8 Å². The fourth-order valence-corrected chi connectivity index (χ4v) is 4.45. The van der Waals surface area contributed by atoms with Gasteiger partial charge in [0.25, 0.3) is 0 Å². The molecule has 1 aliphatic carbocycles. The number of carbonyl (C=O) groups is 2. The Hall–Kier alpha value is -1.36. The van der Waals surface area contributed by atoms with Gasteiger partial charge in [0.15, 0.2) is 6.04 Å². The van der Waals surface area contributed by atoms with Crippen LogP contribution in [0.1, 0.15) is 42.7 Å². The van der Waals surface area contributed by atoms with Crippen molar-refractivity contribution in [3.63, 3.8) is 0 Å².